The molecule has 1 aromatic heterocycles. The molecule has 2 heterocycles. The Hall–Kier alpha value is -3.46. The van der Waals surface area contributed by atoms with E-state index in [2.05, 4.69) is 32.6 Å². The lowest BCUT2D eigenvalue weighted by atomic mass is 10.0. The minimum absolute atomic E-state index is 0.0684. The molecule has 9 heteroatoms. The van der Waals surface area contributed by atoms with Crippen LogP contribution in [-0.2, 0) is 4.79 Å². The maximum absolute atomic E-state index is 13.4. The molecule has 2 aromatic carbocycles. The van der Waals surface area contributed by atoms with Gasteiger partial charge in [0, 0.05) is 28.7 Å². The van der Waals surface area contributed by atoms with E-state index in [0.29, 0.717) is 29.6 Å². The van der Waals surface area contributed by atoms with E-state index in [1.54, 1.807) is 42.4 Å². The molecule has 0 saturated carbocycles. The van der Waals surface area contributed by atoms with Crippen molar-refractivity contribution in [3.8, 4) is 17.1 Å². The number of halogens is 1. The lowest BCUT2D eigenvalue weighted by Gasteiger charge is -2.35. The summed E-state index contributed by atoms with van der Waals surface area (Å²) >= 11 is 3.42. The fourth-order valence-corrected chi connectivity index (χ4v) is 4.38. The summed E-state index contributed by atoms with van der Waals surface area (Å²) in [6.45, 7) is 4.50. The quantitative estimate of drug-likeness (QED) is 0.379. The maximum Gasteiger partial charge on any atom is 0.254 e. The van der Waals surface area contributed by atoms with Crippen LogP contribution in [0.3, 0.4) is 0 Å². The van der Waals surface area contributed by atoms with Crippen molar-refractivity contribution < 1.29 is 18.8 Å². The minimum Gasteiger partial charge on any atom is -0.497 e. The summed E-state index contributed by atoms with van der Waals surface area (Å²) in [5, 5.41) is 4.13. The lowest BCUT2D eigenvalue weighted by Crippen LogP contribution is -2.46. The van der Waals surface area contributed by atoms with E-state index in [1.807, 2.05) is 24.3 Å². The van der Waals surface area contributed by atoms with Crippen molar-refractivity contribution in [3.05, 3.63) is 77.1 Å². The van der Waals surface area contributed by atoms with E-state index in [1.165, 1.54) is 4.90 Å². The molecule has 2 amide bonds. The van der Waals surface area contributed by atoms with Crippen LogP contribution < -0.4 is 4.74 Å². The first-order chi connectivity index (χ1) is 17.0. The van der Waals surface area contributed by atoms with Gasteiger partial charge in [-0.2, -0.15) is 4.98 Å². The predicted octanol–water partition coefficient (Wildman–Crippen LogP) is 4.89. The first-order valence-electron chi connectivity index (χ1n) is 11.4. The van der Waals surface area contributed by atoms with Gasteiger partial charge < -0.3 is 19.1 Å². The van der Waals surface area contributed by atoms with Crippen molar-refractivity contribution in [1.29, 1.82) is 0 Å². The van der Waals surface area contributed by atoms with Gasteiger partial charge in [0.25, 0.3) is 5.91 Å². The van der Waals surface area contributed by atoms with E-state index in [9.17, 15) is 9.59 Å². The average molecular weight is 539 g/mol. The summed E-state index contributed by atoms with van der Waals surface area (Å²) in [7, 11) is 1.57. The highest BCUT2D eigenvalue weighted by Crippen LogP contribution is 2.31. The monoisotopic (exact) mass is 538 g/mol. The van der Waals surface area contributed by atoms with E-state index >= 15 is 0 Å². The Morgan fingerprint density at radius 2 is 1.94 bits per heavy atom. The highest BCUT2D eigenvalue weighted by molar-refractivity contribution is 9.10. The third-order valence-corrected chi connectivity index (χ3v) is 6.48. The van der Waals surface area contributed by atoms with Gasteiger partial charge in [-0.25, -0.2) is 0 Å². The molecule has 3 aromatic rings. The van der Waals surface area contributed by atoms with Crippen LogP contribution in [0.4, 0.5) is 0 Å². The standard InChI is InChI=1S/C26H27BrN4O4/c1-3-15-30(26(33)19-9-13-21(34-2)14-10-19)17-23(32)31-16-5-4-6-22(31)25-28-24(29-35-25)18-7-11-20(27)12-8-18/h3,7-14,22H,1,4-6,15-17H2,2H3. The number of aromatic nitrogens is 2. The molecule has 182 valence electrons. The molecule has 1 aliphatic heterocycles. The molecule has 8 nitrogen and oxygen atoms in total. The zero-order valence-electron chi connectivity index (χ0n) is 19.5. The van der Waals surface area contributed by atoms with Crippen LogP contribution in [-0.4, -0.2) is 58.5 Å². The molecular formula is C26H27BrN4O4. The Morgan fingerprint density at radius 1 is 1.20 bits per heavy atom. The topological polar surface area (TPSA) is 88.8 Å². The zero-order chi connectivity index (χ0) is 24.8. The number of hydrogen-bond acceptors (Lipinski definition) is 6. The molecule has 0 radical (unpaired) electrons. The first-order valence-corrected chi connectivity index (χ1v) is 12.2. The Morgan fingerprint density at radius 3 is 2.63 bits per heavy atom. The molecule has 1 fully saturated rings. The second kappa shape index (κ2) is 11.3. The predicted molar refractivity (Wildman–Crippen MR) is 135 cm³/mol. The van der Waals surface area contributed by atoms with Crippen LogP contribution in [0.1, 0.15) is 41.6 Å². The summed E-state index contributed by atoms with van der Waals surface area (Å²) in [4.78, 5) is 34.3. The Bertz CT molecular complexity index is 1180. The number of nitrogens with zero attached hydrogens (tertiary/aromatic N) is 4. The Labute approximate surface area is 212 Å². The summed E-state index contributed by atoms with van der Waals surface area (Å²) < 4.78 is 11.7. The van der Waals surface area contributed by atoms with Crippen molar-refractivity contribution in [2.75, 3.05) is 26.7 Å². The minimum atomic E-state index is -0.324. The number of amides is 2. The van der Waals surface area contributed by atoms with E-state index in [0.717, 1.165) is 29.3 Å². The normalized spacial score (nSPS) is 15.5. The zero-order valence-corrected chi connectivity index (χ0v) is 21.1. The molecule has 1 atom stereocenters. The summed E-state index contributed by atoms with van der Waals surface area (Å²) in [5.74, 6) is 1.14. The van der Waals surface area contributed by atoms with Gasteiger partial charge in [0.2, 0.25) is 17.6 Å². The third-order valence-electron chi connectivity index (χ3n) is 5.95. The Balaban J connectivity index is 1.50. The molecule has 0 N–H and O–H groups in total. The number of piperidine rings is 1. The van der Waals surface area contributed by atoms with Crippen molar-refractivity contribution in [1.82, 2.24) is 19.9 Å². The molecule has 0 bridgehead atoms. The molecule has 1 aliphatic rings. The molecule has 1 saturated heterocycles. The molecule has 4 rings (SSSR count). The molecular weight excluding hydrogens is 512 g/mol. The fourth-order valence-electron chi connectivity index (χ4n) is 4.12. The summed E-state index contributed by atoms with van der Waals surface area (Å²) in [5.41, 5.74) is 1.31. The number of rotatable bonds is 8. The third kappa shape index (κ3) is 5.79. The summed E-state index contributed by atoms with van der Waals surface area (Å²) in [6.07, 6.45) is 4.17. The van der Waals surface area contributed by atoms with Crippen molar-refractivity contribution >= 4 is 27.7 Å². The van der Waals surface area contributed by atoms with Crippen LogP contribution in [0.15, 0.2) is 70.2 Å². The number of ether oxygens (including phenoxy) is 1. The van der Waals surface area contributed by atoms with Gasteiger partial charge >= 0.3 is 0 Å². The van der Waals surface area contributed by atoms with Gasteiger partial charge in [-0.05, 0) is 67.8 Å². The number of carbonyl (C=O) groups excluding carboxylic acids is 2. The van der Waals surface area contributed by atoms with Gasteiger partial charge in [0.05, 0.1) is 7.11 Å². The first kappa shape index (κ1) is 24.7. The largest absolute Gasteiger partial charge is 0.497 e. The van der Waals surface area contributed by atoms with Gasteiger partial charge in [-0.15, -0.1) is 6.58 Å². The van der Waals surface area contributed by atoms with Gasteiger partial charge in [0.15, 0.2) is 0 Å². The summed E-state index contributed by atoms with van der Waals surface area (Å²) in [6, 6.07) is 14.1. The van der Waals surface area contributed by atoms with E-state index < -0.39 is 0 Å². The number of likely N-dealkylation sites (tertiary alicyclic amines) is 1. The average Bonchev–Trinajstić information content (AvgIpc) is 3.38. The molecule has 35 heavy (non-hydrogen) atoms. The lowest BCUT2D eigenvalue weighted by molar-refractivity contribution is -0.136. The number of hydrogen-bond donors (Lipinski definition) is 0. The van der Waals surface area contributed by atoms with Crippen molar-refractivity contribution in [2.24, 2.45) is 0 Å². The molecule has 1 unspecified atom stereocenters. The number of methoxy groups -OCH3 is 1. The van der Waals surface area contributed by atoms with E-state index in [-0.39, 0.29) is 30.9 Å². The van der Waals surface area contributed by atoms with Crippen LogP contribution >= 0.6 is 15.9 Å². The van der Waals surface area contributed by atoms with Crippen LogP contribution in [0.25, 0.3) is 11.4 Å². The van der Waals surface area contributed by atoms with Crippen LogP contribution in [0, 0.1) is 0 Å². The van der Waals surface area contributed by atoms with Crippen molar-refractivity contribution in [3.63, 3.8) is 0 Å². The maximum atomic E-state index is 13.4. The number of benzene rings is 2. The van der Waals surface area contributed by atoms with Gasteiger partial charge in [-0.3, -0.25) is 9.59 Å². The Kier molecular flexibility index (Phi) is 7.97. The van der Waals surface area contributed by atoms with Gasteiger partial charge in [-0.1, -0.05) is 27.2 Å². The number of carbonyl (C=O) groups is 2. The van der Waals surface area contributed by atoms with Gasteiger partial charge in [0.1, 0.15) is 18.3 Å². The smallest absolute Gasteiger partial charge is 0.254 e. The van der Waals surface area contributed by atoms with Crippen molar-refractivity contribution in [2.45, 2.75) is 25.3 Å². The van der Waals surface area contributed by atoms with E-state index in [4.69, 9.17) is 9.26 Å². The van der Waals surface area contributed by atoms with Crippen LogP contribution in [0.2, 0.25) is 0 Å². The second-order valence-corrected chi connectivity index (χ2v) is 9.18. The SMILES string of the molecule is C=CCN(CC(=O)N1CCCCC1c1nc(-c2ccc(Br)cc2)no1)C(=O)c1ccc(OC)cc1. The molecule has 0 aliphatic carbocycles. The highest BCUT2D eigenvalue weighted by atomic mass is 79.9. The fraction of sp³-hybridized carbons (Fsp3) is 0.308. The molecule has 0 spiro atoms. The van der Waals surface area contributed by atoms with Crippen LogP contribution in [0.5, 0.6) is 5.75 Å². The highest BCUT2D eigenvalue weighted by Gasteiger charge is 2.33. The second-order valence-electron chi connectivity index (χ2n) is 8.26.